The van der Waals surface area contributed by atoms with Gasteiger partial charge in [0.25, 0.3) is 11.8 Å². The minimum atomic E-state index is -0.498. The summed E-state index contributed by atoms with van der Waals surface area (Å²) in [6, 6.07) is 10.6. The highest BCUT2D eigenvalue weighted by Crippen LogP contribution is 2.18. The summed E-state index contributed by atoms with van der Waals surface area (Å²) >= 11 is 0. The van der Waals surface area contributed by atoms with Crippen LogP contribution in [0, 0.1) is 0 Å². The molecular weight excluding hydrogens is 378 g/mol. The monoisotopic (exact) mass is 397 g/mol. The molecular formula is C20H19N3O6. The van der Waals surface area contributed by atoms with Gasteiger partial charge in [-0.3, -0.25) is 9.59 Å². The smallest absolute Gasteiger partial charge is 0.308 e. The molecule has 3 aromatic rings. The maximum Gasteiger partial charge on any atom is 0.308 e. The highest BCUT2D eigenvalue weighted by atomic mass is 16.5. The molecule has 0 radical (unpaired) electrons. The maximum atomic E-state index is 11.8. The van der Waals surface area contributed by atoms with E-state index in [1.807, 2.05) is 12.1 Å². The Hall–Kier alpha value is -3.88. The molecule has 29 heavy (non-hydrogen) atoms. The minimum absolute atomic E-state index is 0.0152. The van der Waals surface area contributed by atoms with Gasteiger partial charge in [0, 0.05) is 12.6 Å². The number of rotatable bonds is 9. The van der Waals surface area contributed by atoms with Gasteiger partial charge in [-0.1, -0.05) is 12.1 Å². The summed E-state index contributed by atoms with van der Waals surface area (Å²) in [5.41, 5.74) is 0.855. The fourth-order valence-corrected chi connectivity index (χ4v) is 2.26. The third-order valence-corrected chi connectivity index (χ3v) is 3.73. The molecule has 9 nitrogen and oxygen atoms in total. The number of esters is 1. The Morgan fingerprint density at radius 1 is 1.17 bits per heavy atom. The standard InChI is InChI=1S/C20H19N3O6/c1-26-15-7-4-14(5-8-15)6-9-17(24)21-11-10-19(25)28-13-18-22-23-20(29-18)16-3-2-12-27-16/h2-9,12H,10-11,13H2,1H3,(H,21,24)/b9-6+. The van der Waals surface area contributed by atoms with E-state index in [2.05, 4.69) is 15.5 Å². The zero-order chi connectivity index (χ0) is 20.5. The Bertz CT molecular complexity index is 961. The number of aromatic nitrogens is 2. The third-order valence-electron chi connectivity index (χ3n) is 3.73. The van der Waals surface area contributed by atoms with Crippen LogP contribution >= 0.6 is 0 Å². The first-order valence-electron chi connectivity index (χ1n) is 8.76. The van der Waals surface area contributed by atoms with E-state index in [9.17, 15) is 9.59 Å². The van der Waals surface area contributed by atoms with Gasteiger partial charge in [0.2, 0.25) is 5.91 Å². The number of furan rings is 1. The summed E-state index contributed by atoms with van der Waals surface area (Å²) in [7, 11) is 1.59. The number of hydrogen-bond donors (Lipinski definition) is 1. The van der Waals surface area contributed by atoms with Crippen LogP contribution < -0.4 is 10.1 Å². The van der Waals surface area contributed by atoms with Crippen LogP contribution in [0.4, 0.5) is 0 Å². The number of carbonyl (C=O) groups excluding carboxylic acids is 2. The predicted octanol–water partition coefficient (Wildman–Crippen LogP) is 2.60. The molecule has 0 spiro atoms. The van der Waals surface area contributed by atoms with E-state index in [1.54, 1.807) is 37.5 Å². The molecule has 0 saturated heterocycles. The number of nitrogens with zero attached hydrogens (tertiary/aromatic N) is 2. The summed E-state index contributed by atoms with van der Waals surface area (Å²) in [6.45, 7) is -0.00996. The molecule has 0 fully saturated rings. The van der Waals surface area contributed by atoms with E-state index in [0.29, 0.717) is 5.76 Å². The van der Waals surface area contributed by atoms with Crippen molar-refractivity contribution in [3.63, 3.8) is 0 Å². The summed E-state index contributed by atoms with van der Waals surface area (Å²) in [4.78, 5) is 23.6. The zero-order valence-corrected chi connectivity index (χ0v) is 15.7. The van der Waals surface area contributed by atoms with Crippen molar-refractivity contribution >= 4 is 18.0 Å². The van der Waals surface area contributed by atoms with Gasteiger partial charge in [0.05, 0.1) is 19.8 Å². The van der Waals surface area contributed by atoms with Crippen LogP contribution in [0.5, 0.6) is 5.75 Å². The van der Waals surface area contributed by atoms with E-state index < -0.39 is 5.97 Å². The van der Waals surface area contributed by atoms with Gasteiger partial charge in [0.1, 0.15) is 5.75 Å². The molecule has 0 atom stereocenters. The van der Waals surface area contributed by atoms with Gasteiger partial charge in [-0.05, 0) is 35.9 Å². The maximum absolute atomic E-state index is 11.8. The average molecular weight is 397 g/mol. The second kappa shape index (κ2) is 9.88. The lowest BCUT2D eigenvalue weighted by Crippen LogP contribution is -2.24. The first kappa shape index (κ1) is 19.9. The molecule has 0 aliphatic rings. The summed E-state index contributed by atoms with van der Waals surface area (Å²) in [5, 5.41) is 10.2. The van der Waals surface area contributed by atoms with Gasteiger partial charge >= 0.3 is 5.97 Å². The van der Waals surface area contributed by atoms with Crippen LogP contribution in [0.1, 0.15) is 17.9 Å². The molecule has 0 saturated carbocycles. The van der Waals surface area contributed by atoms with Gasteiger partial charge in [-0.15, -0.1) is 10.2 Å². The highest BCUT2D eigenvalue weighted by Gasteiger charge is 2.12. The topological polar surface area (TPSA) is 117 Å². The molecule has 0 bridgehead atoms. The molecule has 9 heteroatoms. The molecule has 0 aliphatic carbocycles. The van der Waals surface area contributed by atoms with Gasteiger partial charge < -0.3 is 23.6 Å². The quantitative estimate of drug-likeness (QED) is 0.433. The van der Waals surface area contributed by atoms with Crippen molar-refractivity contribution in [1.82, 2.24) is 15.5 Å². The van der Waals surface area contributed by atoms with Crippen LogP contribution in [-0.4, -0.2) is 35.7 Å². The fourth-order valence-electron chi connectivity index (χ4n) is 2.26. The second-order valence-electron chi connectivity index (χ2n) is 5.79. The van der Waals surface area contributed by atoms with Crippen LogP contribution in [-0.2, 0) is 20.9 Å². The average Bonchev–Trinajstić information content (AvgIpc) is 3.43. The summed E-state index contributed by atoms with van der Waals surface area (Å²) in [5.74, 6) is 0.715. The normalized spacial score (nSPS) is 10.8. The zero-order valence-electron chi connectivity index (χ0n) is 15.7. The lowest BCUT2D eigenvalue weighted by atomic mass is 10.2. The Morgan fingerprint density at radius 2 is 2.00 bits per heavy atom. The minimum Gasteiger partial charge on any atom is -0.497 e. The number of ether oxygens (including phenoxy) is 2. The fraction of sp³-hybridized carbons (Fsp3) is 0.200. The van der Waals surface area contributed by atoms with Gasteiger partial charge in [-0.2, -0.15) is 0 Å². The van der Waals surface area contributed by atoms with Crippen LogP contribution in [0.15, 0.2) is 57.6 Å². The van der Waals surface area contributed by atoms with Gasteiger partial charge in [-0.25, -0.2) is 0 Å². The molecule has 1 amide bonds. The summed E-state index contributed by atoms with van der Waals surface area (Å²) < 4.78 is 20.6. The molecule has 150 valence electrons. The van der Waals surface area contributed by atoms with Crippen molar-refractivity contribution in [3.05, 3.63) is 60.2 Å². The van der Waals surface area contributed by atoms with Crippen molar-refractivity contribution in [1.29, 1.82) is 0 Å². The third kappa shape index (κ3) is 6.06. The Kier molecular flexibility index (Phi) is 6.77. The van der Waals surface area contributed by atoms with E-state index in [-0.39, 0.29) is 37.3 Å². The lowest BCUT2D eigenvalue weighted by molar-refractivity contribution is -0.145. The molecule has 2 aromatic heterocycles. The van der Waals surface area contributed by atoms with E-state index in [1.165, 1.54) is 12.3 Å². The number of benzene rings is 1. The Balaban J connectivity index is 1.35. The molecule has 2 heterocycles. The van der Waals surface area contributed by atoms with Crippen molar-refractivity contribution in [3.8, 4) is 17.4 Å². The lowest BCUT2D eigenvalue weighted by Gasteiger charge is -2.03. The van der Waals surface area contributed by atoms with E-state index in [0.717, 1.165) is 11.3 Å². The largest absolute Gasteiger partial charge is 0.497 e. The first-order chi connectivity index (χ1) is 14.1. The molecule has 1 aromatic carbocycles. The van der Waals surface area contributed by atoms with Crippen molar-refractivity contribution < 1.29 is 27.9 Å². The predicted molar refractivity (Wildman–Crippen MR) is 101 cm³/mol. The van der Waals surface area contributed by atoms with Crippen molar-refractivity contribution in [2.45, 2.75) is 13.0 Å². The van der Waals surface area contributed by atoms with Crippen molar-refractivity contribution in [2.24, 2.45) is 0 Å². The van der Waals surface area contributed by atoms with Gasteiger partial charge in [0.15, 0.2) is 12.4 Å². The number of methoxy groups -OCH3 is 1. The van der Waals surface area contributed by atoms with E-state index >= 15 is 0 Å². The number of nitrogens with one attached hydrogen (secondary N) is 1. The Labute approximate surface area is 166 Å². The Morgan fingerprint density at radius 3 is 2.72 bits per heavy atom. The second-order valence-corrected chi connectivity index (χ2v) is 5.79. The van der Waals surface area contributed by atoms with Crippen LogP contribution in [0.25, 0.3) is 17.7 Å². The number of carbonyl (C=O) groups is 2. The number of hydrogen-bond acceptors (Lipinski definition) is 8. The van der Waals surface area contributed by atoms with Crippen LogP contribution in [0.3, 0.4) is 0 Å². The summed E-state index contributed by atoms with van der Waals surface area (Å²) in [6.07, 6.45) is 4.56. The van der Waals surface area contributed by atoms with E-state index in [4.69, 9.17) is 18.3 Å². The molecule has 0 aliphatic heterocycles. The van der Waals surface area contributed by atoms with Crippen LogP contribution in [0.2, 0.25) is 0 Å². The SMILES string of the molecule is COc1ccc(/C=C/C(=O)NCCC(=O)OCc2nnc(-c3ccco3)o2)cc1. The highest BCUT2D eigenvalue weighted by molar-refractivity contribution is 5.91. The van der Waals surface area contributed by atoms with Crippen molar-refractivity contribution in [2.75, 3.05) is 13.7 Å². The molecule has 0 unspecified atom stereocenters. The molecule has 3 rings (SSSR count). The first-order valence-corrected chi connectivity index (χ1v) is 8.76. The molecule has 1 N–H and O–H groups in total. The number of amides is 1.